The fourth-order valence-electron chi connectivity index (χ4n) is 3.70. The largest absolute Gasteiger partial charge is 0.486 e. The quantitative estimate of drug-likeness (QED) is 0.645. The number of amides is 1. The third kappa shape index (κ3) is 5.59. The number of morpholine rings is 1. The Morgan fingerprint density at radius 3 is 2.31 bits per heavy atom. The second kappa shape index (κ2) is 10.3. The van der Waals surface area contributed by atoms with Gasteiger partial charge in [-0.05, 0) is 48.2 Å². The van der Waals surface area contributed by atoms with Crippen LogP contribution in [0.15, 0.2) is 47.4 Å². The number of hydrogen-bond acceptors (Lipinski definition) is 6. The Morgan fingerprint density at radius 2 is 1.56 bits per heavy atom. The molecule has 1 saturated heterocycles. The number of sulfonamides is 1. The molecule has 32 heavy (non-hydrogen) atoms. The number of fused-ring (bicyclic) bond motifs is 1. The number of carbonyl (C=O) groups excluding carboxylic acids is 1. The van der Waals surface area contributed by atoms with Crippen molar-refractivity contribution in [2.75, 3.05) is 46.1 Å². The lowest BCUT2D eigenvalue weighted by atomic mass is 10.1. The van der Waals surface area contributed by atoms with Gasteiger partial charge in [-0.3, -0.25) is 4.79 Å². The molecule has 4 rings (SSSR count). The van der Waals surface area contributed by atoms with Gasteiger partial charge < -0.3 is 19.5 Å². The molecule has 2 aromatic rings. The van der Waals surface area contributed by atoms with Crippen LogP contribution in [0.3, 0.4) is 0 Å². The van der Waals surface area contributed by atoms with Crippen molar-refractivity contribution in [1.82, 2.24) is 9.62 Å². The Kier molecular flexibility index (Phi) is 7.29. The van der Waals surface area contributed by atoms with Gasteiger partial charge in [0.2, 0.25) is 15.9 Å². The van der Waals surface area contributed by atoms with Crippen LogP contribution in [0, 0.1) is 0 Å². The van der Waals surface area contributed by atoms with Gasteiger partial charge in [0.15, 0.2) is 11.5 Å². The average molecular weight is 461 g/mol. The van der Waals surface area contributed by atoms with Crippen LogP contribution in [-0.4, -0.2) is 64.7 Å². The topological polar surface area (TPSA) is 94.2 Å². The summed E-state index contributed by atoms with van der Waals surface area (Å²) in [5, 5.41) is 2.93. The number of aryl methyl sites for hydroxylation is 1. The Labute approximate surface area is 188 Å². The van der Waals surface area contributed by atoms with E-state index in [1.807, 2.05) is 18.2 Å². The number of ether oxygens (including phenoxy) is 3. The summed E-state index contributed by atoms with van der Waals surface area (Å²) >= 11 is 0. The van der Waals surface area contributed by atoms with E-state index in [0.29, 0.717) is 65.3 Å². The van der Waals surface area contributed by atoms with Crippen LogP contribution in [0.1, 0.15) is 17.5 Å². The normalized spacial score (nSPS) is 16.5. The molecule has 8 nitrogen and oxygen atoms in total. The standard InChI is InChI=1S/C23H28N2O6S/c26-23(24-10-9-19-3-7-21-22(17-19)31-16-15-30-21)8-4-18-1-5-20(6-2-18)32(27,28)25-11-13-29-14-12-25/h1-3,5-7,17H,4,8-16H2,(H,24,26). The van der Waals surface area contributed by atoms with Crippen LogP contribution >= 0.6 is 0 Å². The lowest BCUT2D eigenvalue weighted by Gasteiger charge is -2.26. The molecule has 0 radical (unpaired) electrons. The van der Waals surface area contributed by atoms with Crippen LogP contribution in [0.2, 0.25) is 0 Å². The number of benzene rings is 2. The Bertz CT molecular complexity index is 1030. The first kappa shape index (κ1) is 22.6. The minimum Gasteiger partial charge on any atom is -0.486 e. The average Bonchev–Trinajstić information content (AvgIpc) is 2.83. The van der Waals surface area contributed by atoms with Crippen molar-refractivity contribution in [2.45, 2.75) is 24.2 Å². The van der Waals surface area contributed by atoms with Crippen molar-refractivity contribution in [1.29, 1.82) is 0 Å². The van der Waals surface area contributed by atoms with E-state index < -0.39 is 10.0 Å². The van der Waals surface area contributed by atoms with Crippen LogP contribution in [0.25, 0.3) is 0 Å². The Balaban J connectivity index is 1.22. The number of hydrogen-bond donors (Lipinski definition) is 1. The molecule has 0 aromatic heterocycles. The molecule has 0 unspecified atom stereocenters. The molecule has 0 spiro atoms. The first-order valence-corrected chi connectivity index (χ1v) is 12.3. The summed E-state index contributed by atoms with van der Waals surface area (Å²) in [6.45, 7) is 3.23. The summed E-state index contributed by atoms with van der Waals surface area (Å²) in [6, 6.07) is 12.6. The number of carbonyl (C=O) groups is 1. The highest BCUT2D eigenvalue weighted by molar-refractivity contribution is 7.89. The zero-order chi connectivity index (χ0) is 22.4. The number of nitrogens with one attached hydrogen (secondary N) is 1. The van der Waals surface area contributed by atoms with Crippen molar-refractivity contribution < 1.29 is 27.4 Å². The molecule has 2 heterocycles. The van der Waals surface area contributed by atoms with E-state index in [1.165, 1.54) is 4.31 Å². The van der Waals surface area contributed by atoms with Crippen LogP contribution in [0.4, 0.5) is 0 Å². The summed E-state index contributed by atoms with van der Waals surface area (Å²) in [5.41, 5.74) is 2.00. The van der Waals surface area contributed by atoms with Gasteiger partial charge in [0.25, 0.3) is 0 Å². The van der Waals surface area contributed by atoms with Crippen molar-refractivity contribution in [3.8, 4) is 11.5 Å². The predicted molar refractivity (Wildman–Crippen MR) is 118 cm³/mol. The van der Waals surface area contributed by atoms with Crippen molar-refractivity contribution in [2.24, 2.45) is 0 Å². The molecular weight excluding hydrogens is 432 g/mol. The molecule has 0 bridgehead atoms. The molecule has 0 aliphatic carbocycles. The summed E-state index contributed by atoms with van der Waals surface area (Å²) in [5.74, 6) is 1.47. The van der Waals surface area contributed by atoms with Gasteiger partial charge in [-0.1, -0.05) is 18.2 Å². The van der Waals surface area contributed by atoms with E-state index in [-0.39, 0.29) is 10.8 Å². The lowest BCUT2D eigenvalue weighted by Crippen LogP contribution is -2.40. The zero-order valence-electron chi connectivity index (χ0n) is 17.9. The minimum absolute atomic E-state index is 0.0347. The Morgan fingerprint density at radius 1 is 0.875 bits per heavy atom. The first-order valence-electron chi connectivity index (χ1n) is 10.8. The van der Waals surface area contributed by atoms with Gasteiger partial charge in [0.05, 0.1) is 18.1 Å². The smallest absolute Gasteiger partial charge is 0.243 e. The minimum atomic E-state index is -3.50. The van der Waals surface area contributed by atoms with E-state index in [4.69, 9.17) is 14.2 Å². The third-order valence-corrected chi connectivity index (χ3v) is 7.43. The molecule has 9 heteroatoms. The van der Waals surface area contributed by atoms with Crippen LogP contribution in [0.5, 0.6) is 11.5 Å². The maximum absolute atomic E-state index is 12.7. The molecule has 0 atom stereocenters. The number of rotatable bonds is 8. The summed E-state index contributed by atoms with van der Waals surface area (Å²) in [4.78, 5) is 12.5. The van der Waals surface area contributed by atoms with Crippen molar-refractivity contribution >= 4 is 15.9 Å². The summed E-state index contributed by atoms with van der Waals surface area (Å²) < 4.78 is 43.1. The SMILES string of the molecule is O=C(CCc1ccc(S(=O)(=O)N2CCOCC2)cc1)NCCc1ccc2c(c1)OCCO2. The van der Waals surface area contributed by atoms with E-state index in [9.17, 15) is 13.2 Å². The highest BCUT2D eigenvalue weighted by atomic mass is 32.2. The van der Waals surface area contributed by atoms with Crippen LogP contribution < -0.4 is 14.8 Å². The molecular formula is C23H28N2O6S. The summed E-state index contributed by atoms with van der Waals surface area (Å²) in [6.07, 6.45) is 1.60. The maximum Gasteiger partial charge on any atom is 0.243 e. The molecule has 172 valence electrons. The van der Waals surface area contributed by atoms with Crippen molar-refractivity contribution in [3.05, 3.63) is 53.6 Å². The van der Waals surface area contributed by atoms with Gasteiger partial charge in [-0.15, -0.1) is 0 Å². The Hall–Kier alpha value is -2.62. The second-order valence-corrected chi connectivity index (χ2v) is 9.68. The molecule has 2 aromatic carbocycles. The zero-order valence-corrected chi connectivity index (χ0v) is 18.7. The highest BCUT2D eigenvalue weighted by Gasteiger charge is 2.26. The van der Waals surface area contributed by atoms with Crippen LogP contribution in [-0.2, 0) is 32.4 Å². The monoisotopic (exact) mass is 460 g/mol. The molecule has 2 aliphatic heterocycles. The van der Waals surface area contributed by atoms with Gasteiger partial charge in [-0.25, -0.2) is 8.42 Å². The summed E-state index contributed by atoms with van der Waals surface area (Å²) in [7, 11) is -3.50. The fourth-order valence-corrected chi connectivity index (χ4v) is 5.11. The first-order chi connectivity index (χ1) is 15.5. The molecule has 2 aliphatic rings. The molecule has 1 fully saturated rings. The van der Waals surface area contributed by atoms with Crippen molar-refractivity contribution in [3.63, 3.8) is 0 Å². The lowest BCUT2D eigenvalue weighted by molar-refractivity contribution is -0.121. The number of nitrogens with zero attached hydrogens (tertiary/aromatic N) is 1. The highest BCUT2D eigenvalue weighted by Crippen LogP contribution is 2.30. The van der Waals surface area contributed by atoms with E-state index >= 15 is 0 Å². The fraction of sp³-hybridized carbons (Fsp3) is 0.435. The second-order valence-electron chi connectivity index (χ2n) is 7.74. The maximum atomic E-state index is 12.7. The van der Waals surface area contributed by atoms with E-state index in [1.54, 1.807) is 24.3 Å². The van der Waals surface area contributed by atoms with E-state index in [0.717, 1.165) is 22.6 Å². The molecule has 1 amide bonds. The van der Waals surface area contributed by atoms with Gasteiger partial charge in [0, 0.05) is 26.1 Å². The third-order valence-electron chi connectivity index (χ3n) is 5.51. The molecule has 1 N–H and O–H groups in total. The van der Waals surface area contributed by atoms with Gasteiger partial charge in [-0.2, -0.15) is 4.31 Å². The van der Waals surface area contributed by atoms with E-state index in [2.05, 4.69) is 5.32 Å². The van der Waals surface area contributed by atoms with Gasteiger partial charge >= 0.3 is 0 Å². The predicted octanol–water partition coefficient (Wildman–Crippen LogP) is 1.77. The van der Waals surface area contributed by atoms with Gasteiger partial charge in [0.1, 0.15) is 13.2 Å². The molecule has 0 saturated carbocycles.